The molecule has 4 rings (SSSR count). The Morgan fingerprint density at radius 2 is 1.61 bits per heavy atom. The van der Waals surface area contributed by atoms with Crippen molar-refractivity contribution in [3.63, 3.8) is 0 Å². The first-order chi connectivity index (χ1) is 14.9. The van der Waals surface area contributed by atoms with Gasteiger partial charge in [-0.25, -0.2) is 15.0 Å². The number of aromatic nitrogens is 3. The molecule has 1 unspecified atom stereocenters. The van der Waals surface area contributed by atoms with Crippen LogP contribution in [0.5, 0.6) is 0 Å². The molecule has 0 saturated heterocycles. The molecule has 0 aliphatic heterocycles. The predicted molar refractivity (Wildman–Crippen MR) is 123 cm³/mol. The van der Waals surface area contributed by atoms with Gasteiger partial charge in [-0.3, -0.25) is 9.69 Å². The molecule has 1 atom stereocenters. The highest BCUT2D eigenvalue weighted by Gasteiger charge is 2.13. The molecule has 0 bridgehead atoms. The fourth-order valence-corrected chi connectivity index (χ4v) is 3.18. The minimum atomic E-state index is -0.116. The number of nitrogens with one attached hydrogen (secondary N) is 1. The maximum atomic E-state index is 12.4. The van der Waals surface area contributed by atoms with Gasteiger partial charge in [0.2, 0.25) is 5.95 Å². The summed E-state index contributed by atoms with van der Waals surface area (Å²) in [6.45, 7) is 1.93. The second kappa shape index (κ2) is 8.49. The molecule has 31 heavy (non-hydrogen) atoms. The molecule has 0 spiro atoms. The smallest absolute Gasteiger partial charge is 0.252 e. The van der Waals surface area contributed by atoms with Crippen molar-refractivity contribution in [1.82, 2.24) is 25.2 Å². The lowest BCUT2D eigenvalue weighted by Crippen LogP contribution is -2.42. The number of benzene rings is 2. The van der Waals surface area contributed by atoms with Crippen molar-refractivity contribution in [2.24, 2.45) is 0 Å². The van der Waals surface area contributed by atoms with Gasteiger partial charge in [0.25, 0.3) is 5.91 Å². The number of nitrogens with two attached hydrogens (primary N) is 1. The summed E-state index contributed by atoms with van der Waals surface area (Å²) < 4.78 is 0. The van der Waals surface area contributed by atoms with E-state index in [-0.39, 0.29) is 18.0 Å². The number of hydrogen-bond donors (Lipinski definition) is 2. The van der Waals surface area contributed by atoms with Gasteiger partial charge in [-0.2, -0.15) is 0 Å². The molecule has 0 fully saturated rings. The summed E-state index contributed by atoms with van der Waals surface area (Å²) >= 11 is 0. The fourth-order valence-electron chi connectivity index (χ4n) is 3.18. The van der Waals surface area contributed by atoms with E-state index in [9.17, 15) is 4.79 Å². The summed E-state index contributed by atoms with van der Waals surface area (Å²) in [4.78, 5) is 27.9. The van der Waals surface area contributed by atoms with Gasteiger partial charge in [0.15, 0.2) is 0 Å². The van der Waals surface area contributed by atoms with Crippen molar-refractivity contribution in [1.29, 1.82) is 0 Å². The van der Waals surface area contributed by atoms with Crippen LogP contribution in [0.4, 0.5) is 5.95 Å². The number of hydrogen-bond acceptors (Lipinski definition) is 6. The maximum Gasteiger partial charge on any atom is 0.252 e. The number of carbonyl (C=O) groups excluding carboxylic acids is 1. The lowest BCUT2D eigenvalue weighted by molar-refractivity contribution is 0.0900. The monoisotopic (exact) mass is 412 g/mol. The highest BCUT2D eigenvalue weighted by Crippen LogP contribution is 2.28. The van der Waals surface area contributed by atoms with E-state index >= 15 is 0 Å². The number of carbonyl (C=O) groups is 1. The molecule has 4 aromatic rings. The van der Waals surface area contributed by atoms with Crippen molar-refractivity contribution in [3.05, 3.63) is 72.3 Å². The molecule has 3 N–H and O–H groups in total. The molecule has 0 aliphatic carbocycles. The minimum absolute atomic E-state index is 0.0572. The second-order valence-corrected chi connectivity index (χ2v) is 7.55. The Hall–Kier alpha value is -3.84. The van der Waals surface area contributed by atoms with E-state index in [1.807, 2.05) is 80.5 Å². The highest BCUT2D eigenvalue weighted by molar-refractivity contribution is 5.95. The van der Waals surface area contributed by atoms with Crippen molar-refractivity contribution < 1.29 is 4.79 Å². The Kier molecular flexibility index (Phi) is 5.60. The van der Waals surface area contributed by atoms with Crippen molar-refractivity contribution in [2.75, 3.05) is 19.8 Å². The van der Waals surface area contributed by atoms with Crippen molar-refractivity contribution in [3.8, 4) is 22.5 Å². The Labute approximate surface area is 181 Å². The van der Waals surface area contributed by atoms with Gasteiger partial charge in [-0.1, -0.05) is 42.5 Å². The quantitative estimate of drug-likeness (QED) is 0.486. The molecular formula is C24H24N6O. The number of rotatable bonds is 5. The molecule has 0 radical (unpaired) electrons. The molecular weight excluding hydrogens is 388 g/mol. The maximum absolute atomic E-state index is 12.4. The van der Waals surface area contributed by atoms with E-state index in [0.717, 1.165) is 16.8 Å². The van der Waals surface area contributed by atoms with Gasteiger partial charge in [0.1, 0.15) is 11.2 Å². The third kappa shape index (κ3) is 4.36. The SMILES string of the molecule is CC(NC(=O)c1ccc(-c2ccc3nc(N)nc(-c4ccccc4)c3n2)cc1)N(C)C. The Morgan fingerprint density at radius 1 is 0.903 bits per heavy atom. The Bertz CT molecular complexity index is 1220. The van der Waals surface area contributed by atoms with Gasteiger partial charge in [-0.05, 0) is 45.3 Å². The van der Waals surface area contributed by atoms with Crippen LogP contribution in [0.1, 0.15) is 17.3 Å². The summed E-state index contributed by atoms with van der Waals surface area (Å²) in [5, 5.41) is 2.95. The highest BCUT2D eigenvalue weighted by atomic mass is 16.1. The molecule has 7 heteroatoms. The number of pyridine rings is 1. The first-order valence-corrected chi connectivity index (χ1v) is 10.00. The number of nitrogen functional groups attached to an aromatic ring is 1. The summed E-state index contributed by atoms with van der Waals surface area (Å²) in [6.07, 6.45) is -0.0572. The van der Waals surface area contributed by atoms with Crippen LogP contribution in [0.2, 0.25) is 0 Å². The first kappa shape index (κ1) is 20.4. The van der Waals surface area contributed by atoms with Gasteiger partial charge in [-0.15, -0.1) is 0 Å². The van der Waals surface area contributed by atoms with E-state index in [0.29, 0.717) is 22.3 Å². The number of fused-ring (bicyclic) bond motifs is 1. The second-order valence-electron chi connectivity index (χ2n) is 7.55. The largest absolute Gasteiger partial charge is 0.368 e. The fraction of sp³-hybridized carbons (Fsp3) is 0.167. The summed E-state index contributed by atoms with van der Waals surface area (Å²) in [5.74, 6) is 0.0951. The summed E-state index contributed by atoms with van der Waals surface area (Å²) in [6, 6.07) is 21.0. The third-order valence-corrected chi connectivity index (χ3v) is 5.16. The number of anilines is 1. The van der Waals surface area contributed by atoms with E-state index in [1.165, 1.54) is 0 Å². The lowest BCUT2D eigenvalue weighted by atomic mass is 10.1. The minimum Gasteiger partial charge on any atom is -0.368 e. The van der Waals surface area contributed by atoms with Crippen molar-refractivity contribution >= 4 is 22.9 Å². The van der Waals surface area contributed by atoms with Crippen LogP contribution in [-0.4, -0.2) is 46.0 Å². The van der Waals surface area contributed by atoms with Crippen LogP contribution in [0.3, 0.4) is 0 Å². The first-order valence-electron chi connectivity index (χ1n) is 10.00. The van der Waals surface area contributed by atoms with E-state index in [2.05, 4.69) is 15.3 Å². The zero-order valence-corrected chi connectivity index (χ0v) is 17.7. The molecule has 7 nitrogen and oxygen atoms in total. The van der Waals surface area contributed by atoms with Gasteiger partial charge in [0.05, 0.1) is 17.4 Å². The lowest BCUT2D eigenvalue weighted by Gasteiger charge is -2.21. The van der Waals surface area contributed by atoms with Crippen LogP contribution in [0.25, 0.3) is 33.5 Å². The molecule has 2 aromatic heterocycles. The standard InChI is InChI=1S/C24H24N6O/c1-15(30(2)3)26-23(31)18-11-9-16(10-12-18)19-13-14-20-22(27-19)21(29-24(25)28-20)17-7-5-4-6-8-17/h4-15H,1-3H3,(H,26,31)(H2,25,28,29). The van der Waals surface area contributed by atoms with E-state index in [1.54, 1.807) is 12.1 Å². The summed E-state index contributed by atoms with van der Waals surface area (Å²) in [5.41, 5.74) is 11.2. The zero-order chi connectivity index (χ0) is 22.0. The predicted octanol–water partition coefficient (Wildman–Crippen LogP) is 3.58. The topological polar surface area (TPSA) is 97.0 Å². The van der Waals surface area contributed by atoms with Crippen LogP contribution in [0, 0.1) is 0 Å². The third-order valence-electron chi connectivity index (χ3n) is 5.16. The van der Waals surface area contributed by atoms with E-state index in [4.69, 9.17) is 10.7 Å². The average molecular weight is 412 g/mol. The van der Waals surface area contributed by atoms with E-state index < -0.39 is 0 Å². The molecule has 0 aliphatic rings. The number of amides is 1. The van der Waals surface area contributed by atoms with Crippen molar-refractivity contribution in [2.45, 2.75) is 13.1 Å². The van der Waals surface area contributed by atoms with Gasteiger partial charge in [0, 0.05) is 16.7 Å². The molecule has 0 saturated carbocycles. The zero-order valence-electron chi connectivity index (χ0n) is 17.7. The molecule has 2 heterocycles. The van der Waals surface area contributed by atoms with Crippen LogP contribution in [-0.2, 0) is 0 Å². The molecule has 1 amide bonds. The molecule has 2 aromatic carbocycles. The van der Waals surface area contributed by atoms with Crippen LogP contribution in [0.15, 0.2) is 66.7 Å². The van der Waals surface area contributed by atoms with Crippen LogP contribution >= 0.6 is 0 Å². The Balaban J connectivity index is 1.69. The molecule has 156 valence electrons. The Morgan fingerprint density at radius 3 is 2.29 bits per heavy atom. The van der Waals surface area contributed by atoms with Gasteiger partial charge >= 0.3 is 0 Å². The number of nitrogens with zero attached hydrogens (tertiary/aromatic N) is 4. The van der Waals surface area contributed by atoms with Gasteiger partial charge < -0.3 is 11.1 Å². The van der Waals surface area contributed by atoms with Crippen LogP contribution < -0.4 is 11.1 Å². The average Bonchev–Trinajstić information content (AvgIpc) is 2.78. The summed E-state index contributed by atoms with van der Waals surface area (Å²) in [7, 11) is 3.83. The normalized spacial score (nSPS) is 12.1.